The Morgan fingerprint density at radius 2 is 1.31 bits per heavy atom. The summed E-state index contributed by atoms with van der Waals surface area (Å²) < 4.78 is 5.14. The Morgan fingerprint density at radius 3 is 1.96 bits per heavy atom. The van der Waals surface area contributed by atoms with Crippen LogP contribution >= 0.6 is 0 Å². The van der Waals surface area contributed by atoms with Crippen LogP contribution in [-0.2, 0) is 36.9 Å². The number of fused-ring (bicyclic) bond motifs is 1. The summed E-state index contributed by atoms with van der Waals surface area (Å²) in [5.74, 6) is -3.55. The number of alkyl carbamates (subject to hydrolysis) is 1. The second kappa shape index (κ2) is 17.2. The number of hydrazine groups is 1. The van der Waals surface area contributed by atoms with Crippen LogP contribution in [-0.4, -0.2) is 71.9 Å². The molecule has 2 atom stereocenters. The smallest absolute Gasteiger partial charge is 0.408 e. The van der Waals surface area contributed by atoms with E-state index in [0.29, 0.717) is 15.7 Å². The van der Waals surface area contributed by atoms with Gasteiger partial charge in [0, 0.05) is 19.5 Å². The molecule has 264 valence electrons. The summed E-state index contributed by atoms with van der Waals surface area (Å²) in [4.78, 5) is 80.9. The van der Waals surface area contributed by atoms with Gasteiger partial charge in [0.1, 0.15) is 24.3 Å². The predicted molar refractivity (Wildman–Crippen MR) is 192 cm³/mol. The fourth-order valence-corrected chi connectivity index (χ4v) is 5.18. The number of rotatable bonds is 11. The highest BCUT2D eigenvalue weighted by Crippen LogP contribution is 2.27. The third-order valence-corrected chi connectivity index (χ3v) is 7.97. The van der Waals surface area contributed by atoms with Crippen molar-refractivity contribution in [2.45, 2.75) is 39.0 Å². The second-order valence-electron chi connectivity index (χ2n) is 11.6. The first kappa shape index (κ1) is 37.3. The molecule has 4 aromatic rings. The summed E-state index contributed by atoms with van der Waals surface area (Å²) >= 11 is 0. The second-order valence-corrected chi connectivity index (χ2v) is 11.6. The molecule has 0 saturated heterocycles. The molecule has 0 aliphatic heterocycles. The summed E-state index contributed by atoms with van der Waals surface area (Å²) in [6.07, 6.45) is 0.675. The molecule has 7 amide bonds. The maximum Gasteiger partial charge on any atom is 0.408 e. The number of nitrogens with zero attached hydrogens (tertiary/aromatic N) is 3. The molecular weight excluding hydrogens is 652 g/mol. The standard InChI is InChI=1S/C38H40N6O7/c1-25(41-38(50)51-24-28-16-9-6-10-17-28)33(45)40-26(2)34(46)43(4)44(37(39)49)36(48)31(23-22-27-14-7-5-8-15-27)35(47)42(3)32-21-13-19-29-18-11-12-20-30(29)32/h5-21,23,25-26H,22,24H2,1-4H3,(H2,39,49)(H,40,45)(H,41,50)/b31-23+/t25-,26-/m0/s1. The van der Waals surface area contributed by atoms with E-state index < -0.39 is 53.4 Å². The Hall–Kier alpha value is -6.50. The molecule has 0 spiro atoms. The number of allylic oxidation sites excluding steroid dienone is 1. The molecule has 0 aliphatic rings. The topological polar surface area (TPSA) is 171 Å². The van der Waals surface area contributed by atoms with Gasteiger partial charge in [0.15, 0.2) is 0 Å². The minimum absolute atomic E-state index is 0.0142. The molecule has 0 radical (unpaired) electrons. The highest BCUT2D eigenvalue weighted by molar-refractivity contribution is 6.26. The Morgan fingerprint density at radius 1 is 0.725 bits per heavy atom. The van der Waals surface area contributed by atoms with Gasteiger partial charge in [-0.3, -0.25) is 19.2 Å². The number of carbonyl (C=O) groups excluding carboxylic acids is 6. The number of urea groups is 1. The zero-order chi connectivity index (χ0) is 37.1. The van der Waals surface area contributed by atoms with Crippen molar-refractivity contribution in [1.29, 1.82) is 0 Å². The van der Waals surface area contributed by atoms with Crippen LogP contribution in [0.3, 0.4) is 0 Å². The molecular formula is C38H40N6O7. The minimum atomic E-state index is -1.34. The van der Waals surface area contributed by atoms with Crippen molar-refractivity contribution in [3.63, 3.8) is 0 Å². The van der Waals surface area contributed by atoms with Gasteiger partial charge in [-0.05, 0) is 42.8 Å². The average molecular weight is 693 g/mol. The van der Waals surface area contributed by atoms with Crippen molar-refractivity contribution in [1.82, 2.24) is 20.7 Å². The van der Waals surface area contributed by atoms with E-state index in [9.17, 15) is 28.8 Å². The van der Waals surface area contributed by atoms with Crippen LogP contribution in [0.4, 0.5) is 15.3 Å². The van der Waals surface area contributed by atoms with Crippen molar-refractivity contribution in [3.05, 3.63) is 126 Å². The molecule has 4 aromatic carbocycles. The SMILES string of the molecule is C[C@H](NC(=O)OCc1ccccc1)C(=O)N[C@@H](C)C(=O)N(C)N(C(N)=O)C(=O)/C(=C/Cc1ccccc1)C(=O)N(C)c1cccc2ccccc12. The number of amides is 7. The van der Waals surface area contributed by atoms with Crippen molar-refractivity contribution < 1.29 is 33.5 Å². The summed E-state index contributed by atoms with van der Waals surface area (Å²) in [6.45, 7) is 2.70. The number of carbonyl (C=O) groups is 6. The quantitative estimate of drug-likeness (QED) is 0.0920. The number of nitrogens with two attached hydrogens (primary N) is 1. The van der Waals surface area contributed by atoms with Gasteiger partial charge in [-0.1, -0.05) is 103 Å². The van der Waals surface area contributed by atoms with Gasteiger partial charge in [-0.25, -0.2) is 14.6 Å². The number of likely N-dealkylation sites (N-methyl/N-ethyl adjacent to an activating group) is 2. The molecule has 51 heavy (non-hydrogen) atoms. The van der Waals surface area contributed by atoms with E-state index in [4.69, 9.17) is 10.5 Å². The van der Waals surface area contributed by atoms with E-state index in [1.54, 1.807) is 48.5 Å². The molecule has 0 aliphatic carbocycles. The van der Waals surface area contributed by atoms with Crippen molar-refractivity contribution in [3.8, 4) is 0 Å². The maximum atomic E-state index is 14.1. The molecule has 0 saturated carbocycles. The number of hydrogen-bond donors (Lipinski definition) is 3. The first-order valence-electron chi connectivity index (χ1n) is 16.1. The van der Waals surface area contributed by atoms with Gasteiger partial charge < -0.3 is 26.0 Å². The first-order valence-corrected chi connectivity index (χ1v) is 16.1. The van der Waals surface area contributed by atoms with Crippen LogP contribution in [0.15, 0.2) is 115 Å². The number of anilines is 1. The van der Waals surface area contributed by atoms with E-state index in [0.717, 1.165) is 28.9 Å². The monoisotopic (exact) mass is 692 g/mol. The molecule has 13 heteroatoms. The summed E-state index contributed by atoms with van der Waals surface area (Å²) in [6, 6.07) is 27.0. The number of primary amides is 1. The lowest BCUT2D eigenvalue weighted by atomic mass is 10.1. The Bertz CT molecular complexity index is 1930. The third-order valence-electron chi connectivity index (χ3n) is 7.97. The van der Waals surface area contributed by atoms with E-state index in [2.05, 4.69) is 10.6 Å². The zero-order valence-corrected chi connectivity index (χ0v) is 28.7. The molecule has 0 heterocycles. The van der Waals surface area contributed by atoms with Crippen molar-refractivity contribution >= 4 is 52.2 Å². The summed E-state index contributed by atoms with van der Waals surface area (Å²) in [5, 5.41) is 7.44. The van der Waals surface area contributed by atoms with E-state index >= 15 is 0 Å². The number of imide groups is 1. The van der Waals surface area contributed by atoms with Crippen LogP contribution in [0.25, 0.3) is 10.8 Å². The molecule has 4 N–H and O–H groups in total. The van der Waals surface area contributed by atoms with Crippen LogP contribution in [0.2, 0.25) is 0 Å². The van der Waals surface area contributed by atoms with Crippen molar-refractivity contribution in [2.75, 3.05) is 19.0 Å². The van der Waals surface area contributed by atoms with Crippen LogP contribution in [0.1, 0.15) is 25.0 Å². The van der Waals surface area contributed by atoms with E-state index in [1.807, 2.05) is 54.6 Å². The Labute approximate surface area is 295 Å². The normalized spacial score (nSPS) is 12.2. The predicted octanol–water partition coefficient (Wildman–Crippen LogP) is 4.07. The molecule has 13 nitrogen and oxygen atoms in total. The minimum Gasteiger partial charge on any atom is -0.445 e. The van der Waals surface area contributed by atoms with Gasteiger partial charge in [0.05, 0.1) is 5.69 Å². The fourth-order valence-electron chi connectivity index (χ4n) is 5.18. The fraction of sp³-hybridized carbons (Fsp3) is 0.211. The van der Waals surface area contributed by atoms with Crippen molar-refractivity contribution in [2.24, 2.45) is 5.73 Å². The third kappa shape index (κ3) is 9.57. The number of hydrogen-bond acceptors (Lipinski definition) is 7. The largest absolute Gasteiger partial charge is 0.445 e. The van der Waals surface area contributed by atoms with Crippen LogP contribution < -0.4 is 21.3 Å². The lowest BCUT2D eigenvalue weighted by Crippen LogP contribution is -2.59. The van der Waals surface area contributed by atoms with Gasteiger partial charge >= 0.3 is 12.1 Å². The number of nitrogens with one attached hydrogen (secondary N) is 2. The van der Waals surface area contributed by atoms with Gasteiger partial charge in [0.25, 0.3) is 17.7 Å². The molecule has 4 rings (SSSR count). The zero-order valence-electron chi connectivity index (χ0n) is 28.7. The van der Waals surface area contributed by atoms with E-state index in [1.165, 1.54) is 31.9 Å². The molecule has 0 fully saturated rings. The maximum absolute atomic E-state index is 14.1. The highest BCUT2D eigenvalue weighted by Gasteiger charge is 2.36. The number of benzene rings is 4. The lowest BCUT2D eigenvalue weighted by Gasteiger charge is -2.32. The summed E-state index contributed by atoms with van der Waals surface area (Å²) in [7, 11) is 2.62. The lowest BCUT2D eigenvalue weighted by molar-refractivity contribution is -0.154. The van der Waals surface area contributed by atoms with Crippen LogP contribution in [0, 0.1) is 0 Å². The van der Waals surface area contributed by atoms with Gasteiger partial charge in [0.2, 0.25) is 5.91 Å². The Kier molecular flexibility index (Phi) is 12.6. The molecule has 0 bridgehead atoms. The van der Waals surface area contributed by atoms with E-state index in [-0.39, 0.29) is 13.0 Å². The first-order chi connectivity index (χ1) is 24.4. The number of ether oxygens (including phenoxy) is 1. The molecule has 0 aromatic heterocycles. The average Bonchev–Trinajstić information content (AvgIpc) is 3.13. The molecule has 0 unspecified atom stereocenters. The Balaban J connectivity index is 1.51. The van der Waals surface area contributed by atoms with Gasteiger partial charge in [-0.2, -0.15) is 5.01 Å². The van der Waals surface area contributed by atoms with Gasteiger partial charge in [-0.15, -0.1) is 0 Å². The highest BCUT2D eigenvalue weighted by atomic mass is 16.5. The summed E-state index contributed by atoms with van der Waals surface area (Å²) in [5.41, 5.74) is 7.25. The van der Waals surface area contributed by atoms with Crippen LogP contribution in [0.5, 0.6) is 0 Å².